The summed E-state index contributed by atoms with van der Waals surface area (Å²) in [6.07, 6.45) is 10.1. The van der Waals surface area contributed by atoms with Gasteiger partial charge in [-0.2, -0.15) is 0 Å². The van der Waals surface area contributed by atoms with Crippen molar-refractivity contribution in [2.45, 2.75) is 64.3 Å². The monoisotopic (exact) mass is 264 g/mol. The number of amides is 1. The molecule has 2 saturated heterocycles. The lowest BCUT2D eigenvalue weighted by molar-refractivity contribution is -0.148. The lowest BCUT2D eigenvalue weighted by Crippen LogP contribution is -2.57. The van der Waals surface area contributed by atoms with Gasteiger partial charge in [-0.15, -0.1) is 0 Å². The normalized spacial score (nSPS) is 39.7. The van der Waals surface area contributed by atoms with E-state index in [4.69, 9.17) is 0 Å². The molecule has 3 nitrogen and oxygen atoms in total. The molecule has 1 aliphatic carbocycles. The Morgan fingerprint density at radius 3 is 2.74 bits per heavy atom. The molecule has 3 atom stereocenters. The summed E-state index contributed by atoms with van der Waals surface area (Å²) in [5.74, 6) is 1.24. The lowest BCUT2D eigenvalue weighted by Gasteiger charge is -2.48. The van der Waals surface area contributed by atoms with Gasteiger partial charge in [0, 0.05) is 19.1 Å². The summed E-state index contributed by atoms with van der Waals surface area (Å²) < 4.78 is 0. The van der Waals surface area contributed by atoms with Crippen molar-refractivity contribution in [1.29, 1.82) is 0 Å². The molecule has 0 bridgehead atoms. The molecular formula is C16H28N2O. The Labute approximate surface area is 117 Å². The fourth-order valence-corrected chi connectivity index (χ4v) is 4.46. The minimum atomic E-state index is -0.141. The minimum Gasteiger partial charge on any atom is -0.339 e. The first-order valence-electron chi connectivity index (χ1n) is 8.22. The molecule has 1 saturated carbocycles. The molecular weight excluding hydrogens is 236 g/mol. The van der Waals surface area contributed by atoms with Crippen LogP contribution < -0.4 is 5.32 Å². The second kappa shape index (κ2) is 5.43. The minimum absolute atomic E-state index is 0.141. The van der Waals surface area contributed by atoms with Crippen molar-refractivity contribution >= 4 is 5.91 Å². The van der Waals surface area contributed by atoms with Crippen LogP contribution >= 0.6 is 0 Å². The second-order valence-corrected chi connectivity index (χ2v) is 7.09. The van der Waals surface area contributed by atoms with Gasteiger partial charge in [0.25, 0.3) is 0 Å². The fraction of sp³-hybridized carbons (Fsp3) is 0.938. The van der Waals surface area contributed by atoms with Crippen LogP contribution in [0.3, 0.4) is 0 Å². The topological polar surface area (TPSA) is 32.3 Å². The summed E-state index contributed by atoms with van der Waals surface area (Å²) >= 11 is 0. The van der Waals surface area contributed by atoms with Crippen molar-refractivity contribution in [1.82, 2.24) is 10.2 Å². The zero-order valence-corrected chi connectivity index (χ0v) is 12.3. The largest absolute Gasteiger partial charge is 0.339 e. The third-order valence-corrected chi connectivity index (χ3v) is 5.62. The number of carbonyl (C=O) groups excluding carboxylic acids is 1. The van der Waals surface area contributed by atoms with Crippen LogP contribution in [0.2, 0.25) is 0 Å². The van der Waals surface area contributed by atoms with Crippen LogP contribution in [0.5, 0.6) is 0 Å². The second-order valence-electron chi connectivity index (χ2n) is 7.09. The highest BCUT2D eigenvalue weighted by atomic mass is 16.2. The van der Waals surface area contributed by atoms with Crippen molar-refractivity contribution in [3.8, 4) is 0 Å². The van der Waals surface area contributed by atoms with Gasteiger partial charge in [0.15, 0.2) is 0 Å². The zero-order valence-electron chi connectivity index (χ0n) is 12.3. The molecule has 1 amide bonds. The van der Waals surface area contributed by atoms with Crippen LogP contribution in [0.25, 0.3) is 0 Å². The zero-order chi connectivity index (χ0) is 13.3. The number of hydrogen-bond acceptors (Lipinski definition) is 2. The molecule has 3 heteroatoms. The predicted molar refractivity (Wildman–Crippen MR) is 76.9 cm³/mol. The molecule has 2 heterocycles. The Bertz CT molecular complexity index is 334. The molecule has 1 N–H and O–H groups in total. The molecule has 0 aromatic heterocycles. The van der Waals surface area contributed by atoms with E-state index < -0.39 is 0 Å². The van der Waals surface area contributed by atoms with Crippen LogP contribution in [0.4, 0.5) is 0 Å². The number of nitrogens with zero attached hydrogens (tertiary/aromatic N) is 1. The van der Waals surface area contributed by atoms with E-state index in [0.29, 0.717) is 11.9 Å². The molecule has 3 rings (SSSR count). The number of rotatable bonds is 1. The quantitative estimate of drug-likeness (QED) is 0.789. The summed E-state index contributed by atoms with van der Waals surface area (Å²) in [5, 5.41) is 3.42. The Morgan fingerprint density at radius 1 is 1.16 bits per heavy atom. The molecule has 1 unspecified atom stereocenters. The number of likely N-dealkylation sites (tertiary alicyclic amines) is 1. The van der Waals surface area contributed by atoms with E-state index in [0.717, 1.165) is 38.4 Å². The number of nitrogens with one attached hydrogen (secondary N) is 1. The van der Waals surface area contributed by atoms with Crippen LogP contribution in [-0.2, 0) is 4.79 Å². The average Bonchev–Trinajstić information content (AvgIpc) is 2.47. The highest BCUT2D eigenvalue weighted by molar-refractivity contribution is 5.83. The molecule has 0 aromatic carbocycles. The number of carbonyl (C=O) groups is 1. The maximum atomic E-state index is 13.0. The van der Waals surface area contributed by atoms with Crippen LogP contribution in [-0.4, -0.2) is 36.5 Å². The first kappa shape index (κ1) is 13.4. The van der Waals surface area contributed by atoms with E-state index in [1.165, 1.54) is 38.5 Å². The third-order valence-electron chi connectivity index (χ3n) is 5.62. The average molecular weight is 264 g/mol. The number of hydrogen-bond donors (Lipinski definition) is 1. The first-order valence-corrected chi connectivity index (χ1v) is 8.22. The highest BCUT2D eigenvalue weighted by Gasteiger charge is 2.43. The number of fused-ring (bicyclic) bond motifs is 1. The molecule has 0 spiro atoms. The van der Waals surface area contributed by atoms with Gasteiger partial charge in [0.1, 0.15) is 0 Å². The summed E-state index contributed by atoms with van der Waals surface area (Å²) in [6.45, 7) is 5.14. The van der Waals surface area contributed by atoms with Crippen molar-refractivity contribution in [3.63, 3.8) is 0 Å². The van der Waals surface area contributed by atoms with Gasteiger partial charge in [0.2, 0.25) is 5.91 Å². The summed E-state index contributed by atoms with van der Waals surface area (Å²) in [4.78, 5) is 15.3. The SMILES string of the molecule is CC1(C(=O)N2CCC[C@H]3CCCC[C@H]32)CCCNC1. The maximum absolute atomic E-state index is 13.0. The van der Waals surface area contributed by atoms with Gasteiger partial charge in [-0.05, 0) is 57.9 Å². The molecule has 108 valence electrons. The Balaban J connectivity index is 1.74. The highest BCUT2D eigenvalue weighted by Crippen LogP contribution is 2.38. The fourth-order valence-electron chi connectivity index (χ4n) is 4.46. The van der Waals surface area contributed by atoms with E-state index in [2.05, 4.69) is 17.1 Å². The Hall–Kier alpha value is -0.570. The van der Waals surface area contributed by atoms with Crippen LogP contribution in [0, 0.1) is 11.3 Å². The van der Waals surface area contributed by atoms with Crippen molar-refractivity contribution < 1.29 is 4.79 Å². The van der Waals surface area contributed by atoms with Crippen LogP contribution in [0.15, 0.2) is 0 Å². The van der Waals surface area contributed by atoms with Gasteiger partial charge in [-0.1, -0.05) is 12.8 Å². The van der Waals surface area contributed by atoms with E-state index >= 15 is 0 Å². The third kappa shape index (κ3) is 2.54. The molecule has 2 aliphatic heterocycles. The Morgan fingerprint density at radius 2 is 1.95 bits per heavy atom. The van der Waals surface area contributed by atoms with E-state index in [1.54, 1.807) is 0 Å². The van der Waals surface area contributed by atoms with Gasteiger partial charge in [0.05, 0.1) is 5.41 Å². The van der Waals surface area contributed by atoms with Crippen molar-refractivity contribution in [2.75, 3.05) is 19.6 Å². The van der Waals surface area contributed by atoms with E-state index in [1.807, 2.05) is 0 Å². The molecule has 0 radical (unpaired) electrons. The predicted octanol–water partition coefficient (Wildman–Crippen LogP) is 2.56. The van der Waals surface area contributed by atoms with Crippen LogP contribution in [0.1, 0.15) is 58.3 Å². The van der Waals surface area contributed by atoms with E-state index in [9.17, 15) is 4.79 Å². The summed E-state index contributed by atoms with van der Waals surface area (Å²) in [7, 11) is 0. The van der Waals surface area contributed by atoms with Gasteiger partial charge in [-0.25, -0.2) is 0 Å². The molecule has 3 fully saturated rings. The molecule has 0 aromatic rings. The Kier molecular flexibility index (Phi) is 3.84. The summed E-state index contributed by atoms with van der Waals surface area (Å²) in [5.41, 5.74) is -0.141. The maximum Gasteiger partial charge on any atom is 0.230 e. The number of piperidine rings is 2. The molecule has 19 heavy (non-hydrogen) atoms. The van der Waals surface area contributed by atoms with Gasteiger partial charge < -0.3 is 10.2 Å². The van der Waals surface area contributed by atoms with E-state index in [-0.39, 0.29) is 5.41 Å². The standard InChI is InChI=1S/C16H28N2O/c1-16(9-5-10-17-12-16)15(19)18-11-4-7-13-6-2-3-8-14(13)18/h13-14,17H,2-12H2,1H3/t13-,14-,16?/m1/s1. The van der Waals surface area contributed by atoms with Gasteiger partial charge >= 0.3 is 0 Å². The first-order chi connectivity index (χ1) is 9.21. The van der Waals surface area contributed by atoms with Crippen molar-refractivity contribution in [2.24, 2.45) is 11.3 Å². The molecule has 3 aliphatic rings. The van der Waals surface area contributed by atoms with Crippen molar-refractivity contribution in [3.05, 3.63) is 0 Å². The smallest absolute Gasteiger partial charge is 0.230 e. The lowest BCUT2D eigenvalue weighted by atomic mass is 9.75. The summed E-state index contributed by atoms with van der Waals surface area (Å²) in [6, 6.07) is 0.564. The van der Waals surface area contributed by atoms with Gasteiger partial charge in [-0.3, -0.25) is 4.79 Å².